The van der Waals surface area contributed by atoms with Gasteiger partial charge in [-0.2, -0.15) is 0 Å². The van der Waals surface area contributed by atoms with Crippen molar-refractivity contribution in [1.29, 1.82) is 0 Å². The number of rotatable bonds is 7. The van der Waals surface area contributed by atoms with Gasteiger partial charge in [-0.1, -0.05) is 6.07 Å². The molecule has 0 unspecified atom stereocenters. The number of fused-ring (bicyclic) bond motifs is 1. The Hall–Kier alpha value is -3.09. The predicted molar refractivity (Wildman–Crippen MR) is 92.5 cm³/mol. The third kappa shape index (κ3) is 3.55. The lowest BCUT2D eigenvalue weighted by atomic mass is 10.1. The quantitative estimate of drug-likeness (QED) is 0.643. The summed E-state index contributed by atoms with van der Waals surface area (Å²) in [5.41, 5.74) is 1.93. The fourth-order valence-electron chi connectivity index (χ4n) is 2.63. The van der Waals surface area contributed by atoms with Crippen molar-refractivity contribution in [1.82, 2.24) is 9.38 Å². The Balaban J connectivity index is 1.97. The van der Waals surface area contributed by atoms with E-state index in [1.165, 1.54) is 13.2 Å². The van der Waals surface area contributed by atoms with Crippen LogP contribution in [0.4, 0.5) is 10.2 Å². The Morgan fingerprint density at radius 3 is 2.92 bits per heavy atom. The Labute approximate surface area is 143 Å². The maximum absolute atomic E-state index is 14.1. The number of aliphatic carboxylic acids is 1. The number of ether oxygens (including phenoxy) is 1. The highest BCUT2D eigenvalue weighted by molar-refractivity contribution is 5.77. The molecule has 2 N–H and O–H groups in total. The van der Waals surface area contributed by atoms with E-state index in [2.05, 4.69) is 10.3 Å². The van der Waals surface area contributed by atoms with Crippen molar-refractivity contribution >= 4 is 17.4 Å². The maximum atomic E-state index is 14.1. The smallest absolute Gasteiger partial charge is 0.303 e. The number of anilines is 1. The third-order valence-electron chi connectivity index (χ3n) is 3.82. The molecule has 0 aliphatic carbocycles. The van der Waals surface area contributed by atoms with Crippen LogP contribution in [0.5, 0.6) is 5.75 Å². The summed E-state index contributed by atoms with van der Waals surface area (Å²) in [7, 11) is 1.42. The first-order valence-electron chi connectivity index (χ1n) is 7.87. The molecule has 0 amide bonds. The minimum absolute atomic E-state index is 0.0796. The normalized spacial score (nSPS) is 10.8. The highest BCUT2D eigenvalue weighted by Gasteiger charge is 2.15. The molecule has 7 heteroatoms. The Morgan fingerprint density at radius 1 is 1.36 bits per heavy atom. The van der Waals surface area contributed by atoms with Crippen molar-refractivity contribution in [2.75, 3.05) is 19.0 Å². The predicted octanol–water partition coefficient (Wildman–Crippen LogP) is 3.43. The van der Waals surface area contributed by atoms with Crippen molar-refractivity contribution in [2.45, 2.75) is 12.8 Å². The Morgan fingerprint density at radius 2 is 2.20 bits per heavy atom. The van der Waals surface area contributed by atoms with Gasteiger partial charge < -0.3 is 15.2 Å². The van der Waals surface area contributed by atoms with Gasteiger partial charge in [0.25, 0.3) is 0 Å². The first-order valence-corrected chi connectivity index (χ1v) is 7.87. The summed E-state index contributed by atoms with van der Waals surface area (Å²) in [6.45, 7) is 0.473. The van der Waals surface area contributed by atoms with Gasteiger partial charge in [-0.15, -0.1) is 0 Å². The monoisotopic (exact) mass is 343 g/mol. The summed E-state index contributed by atoms with van der Waals surface area (Å²) in [6.07, 6.45) is 2.41. The number of hydrogen-bond acceptors (Lipinski definition) is 4. The Bertz CT molecular complexity index is 908. The number of hydrogen-bond donors (Lipinski definition) is 2. The first kappa shape index (κ1) is 16.8. The number of carboxylic acids is 1. The van der Waals surface area contributed by atoms with Gasteiger partial charge in [0.15, 0.2) is 11.6 Å². The second-order valence-corrected chi connectivity index (χ2v) is 5.51. The van der Waals surface area contributed by atoms with E-state index in [0.29, 0.717) is 30.0 Å². The summed E-state index contributed by atoms with van der Waals surface area (Å²) < 4.78 is 20.9. The highest BCUT2D eigenvalue weighted by atomic mass is 19.1. The molecule has 0 saturated heterocycles. The number of pyridine rings is 1. The van der Waals surface area contributed by atoms with E-state index in [0.717, 1.165) is 5.65 Å². The summed E-state index contributed by atoms with van der Waals surface area (Å²) >= 11 is 0. The summed E-state index contributed by atoms with van der Waals surface area (Å²) in [4.78, 5) is 15.2. The number of methoxy groups -OCH3 is 1. The number of nitrogens with one attached hydrogen (secondary N) is 1. The molecule has 0 spiro atoms. The summed E-state index contributed by atoms with van der Waals surface area (Å²) in [6, 6.07) is 10.3. The number of aromatic nitrogens is 2. The molecule has 3 aromatic rings. The lowest BCUT2D eigenvalue weighted by Crippen LogP contribution is -2.07. The van der Waals surface area contributed by atoms with Crippen LogP contribution in [0.1, 0.15) is 12.8 Å². The van der Waals surface area contributed by atoms with Crippen LogP contribution in [0.3, 0.4) is 0 Å². The van der Waals surface area contributed by atoms with E-state index in [-0.39, 0.29) is 12.2 Å². The highest BCUT2D eigenvalue weighted by Crippen LogP contribution is 2.31. The van der Waals surface area contributed by atoms with E-state index in [9.17, 15) is 9.18 Å². The number of halogens is 1. The minimum Gasteiger partial charge on any atom is -0.494 e. The molecular weight excluding hydrogens is 325 g/mol. The van der Waals surface area contributed by atoms with E-state index in [4.69, 9.17) is 9.84 Å². The lowest BCUT2D eigenvalue weighted by Gasteiger charge is -2.09. The maximum Gasteiger partial charge on any atom is 0.303 e. The molecule has 25 heavy (non-hydrogen) atoms. The summed E-state index contributed by atoms with van der Waals surface area (Å²) in [5, 5.41) is 12.0. The fraction of sp³-hybridized carbons (Fsp3) is 0.222. The van der Waals surface area contributed by atoms with Gasteiger partial charge in [0.2, 0.25) is 0 Å². The second kappa shape index (κ2) is 7.21. The van der Waals surface area contributed by atoms with Crippen LogP contribution in [0.15, 0.2) is 42.6 Å². The zero-order valence-corrected chi connectivity index (χ0v) is 13.7. The molecule has 0 saturated carbocycles. The molecule has 0 aliphatic rings. The molecule has 0 fully saturated rings. The van der Waals surface area contributed by atoms with Gasteiger partial charge in [-0.3, -0.25) is 9.20 Å². The van der Waals surface area contributed by atoms with Crippen LogP contribution < -0.4 is 10.1 Å². The van der Waals surface area contributed by atoms with Gasteiger partial charge in [0.1, 0.15) is 17.2 Å². The zero-order valence-electron chi connectivity index (χ0n) is 13.7. The van der Waals surface area contributed by atoms with Gasteiger partial charge in [0, 0.05) is 24.7 Å². The van der Waals surface area contributed by atoms with Crippen molar-refractivity contribution in [2.24, 2.45) is 0 Å². The molecule has 0 atom stereocenters. The van der Waals surface area contributed by atoms with Crippen LogP contribution in [0.2, 0.25) is 0 Å². The number of benzene rings is 1. The van der Waals surface area contributed by atoms with Gasteiger partial charge in [-0.25, -0.2) is 9.37 Å². The van der Waals surface area contributed by atoms with Gasteiger partial charge in [0.05, 0.1) is 7.11 Å². The van der Waals surface area contributed by atoms with Crippen molar-refractivity contribution in [3.63, 3.8) is 0 Å². The topological polar surface area (TPSA) is 75.9 Å². The van der Waals surface area contributed by atoms with Gasteiger partial charge in [-0.05, 0) is 36.8 Å². The molecule has 2 aromatic heterocycles. The molecule has 2 heterocycles. The number of nitrogens with zero attached hydrogens (tertiary/aromatic N) is 2. The fourth-order valence-corrected chi connectivity index (χ4v) is 2.63. The average molecular weight is 343 g/mol. The van der Waals surface area contributed by atoms with Crippen molar-refractivity contribution < 1.29 is 19.0 Å². The molecule has 3 rings (SSSR count). The average Bonchev–Trinajstić information content (AvgIpc) is 2.97. The molecule has 1 aromatic carbocycles. The zero-order chi connectivity index (χ0) is 17.8. The number of imidazole rings is 1. The molecular formula is C18H18FN3O3. The Kier molecular flexibility index (Phi) is 4.83. The first-order chi connectivity index (χ1) is 12.1. The minimum atomic E-state index is -0.836. The standard InChI is InChI=1S/C18H18FN3O3/c1-25-14-8-7-12(11-13(14)19)17-18(20-9-4-6-16(23)24)22-10-3-2-5-15(22)21-17/h2-3,5,7-8,10-11,20H,4,6,9H2,1H3,(H,23,24). The summed E-state index contributed by atoms with van der Waals surface area (Å²) in [5.74, 6) is -0.430. The van der Waals surface area contributed by atoms with E-state index in [1.807, 2.05) is 28.8 Å². The van der Waals surface area contributed by atoms with Gasteiger partial charge >= 0.3 is 5.97 Å². The van der Waals surface area contributed by atoms with Crippen LogP contribution >= 0.6 is 0 Å². The number of carbonyl (C=O) groups is 1. The molecule has 130 valence electrons. The SMILES string of the molecule is COc1ccc(-c2nc3ccccn3c2NCCCC(=O)O)cc1F. The molecule has 6 nitrogen and oxygen atoms in total. The van der Waals surface area contributed by atoms with Crippen LogP contribution in [-0.2, 0) is 4.79 Å². The van der Waals surface area contributed by atoms with Crippen molar-refractivity contribution in [3.8, 4) is 17.0 Å². The van der Waals surface area contributed by atoms with E-state index < -0.39 is 11.8 Å². The van der Waals surface area contributed by atoms with Crippen LogP contribution in [-0.4, -0.2) is 34.1 Å². The molecule has 0 radical (unpaired) electrons. The second-order valence-electron chi connectivity index (χ2n) is 5.51. The van der Waals surface area contributed by atoms with E-state index in [1.54, 1.807) is 12.1 Å². The third-order valence-corrected chi connectivity index (χ3v) is 3.82. The molecule has 0 bridgehead atoms. The van der Waals surface area contributed by atoms with E-state index >= 15 is 0 Å². The molecule has 0 aliphatic heterocycles. The lowest BCUT2D eigenvalue weighted by molar-refractivity contribution is -0.137. The number of carboxylic acid groups (broad SMARTS) is 1. The largest absolute Gasteiger partial charge is 0.494 e. The van der Waals surface area contributed by atoms with Crippen LogP contribution in [0, 0.1) is 5.82 Å². The van der Waals surface area contributed by atoms with Crippen molar-refractivity contribution in [3.05, 3.63) is 48.4 Å². The van der Waals surface area contributed by atoms with Crippen LogP contribution in [0.25, 0.3) is 16.9 Å².